The van der Waals surface area contributed by atoms with Gasteiger partial charge in [-0.05, 0) is 24.7 Å². The van der Waals surface area contributed by atoms with Gasteiger partial charge in [-0.2, -0.15) is 0 Å². The van der Waals surface area contributed by atoms with Gasteiger partial charge in [-0.1, -0.05) is 19.3 Å². The first kappa shape index (κ1) is 14.1. The fourth-order valence-corrected chi connectivity index (χ4v) is 3.21. The number of piperidine rings is 1. The van der Waals surface area contributed by atoms with Gasteiger partial charge in [0.2, 0.25) is 0 Å². The van der Waals surface area contributed by atoms with Gasteiger partial charge in [0.25, 0.3) is 0 Å². The van der Waals surface area contributed by atoms with Crippen LogP contribution in [0, 0.1) is 11.8 Å². The summed E-state index contributed by atoms with van der Waals surface area (Å²) in [6.45, 7) is 0.819. The van der Waals surface area contributed by atoms with Gasteiger partial charge in [0.05, 0.1) is 6.61 Å². The molecule has 6 heteroatoms. The average Bonchev–Trinajstić information content (AvgIpc) is 2.43. The molecule has 2 aliphatic rings. The first-order valence-corrected chi connectivity index (χ1v) is 7.01. The molecule has 1 aliphatic carbocycles. The monoisotopic (exact) mass is 270 g/mol. The second-order valence-corrected chi connectivity index (χ2v) is 5.56. The SMILES string of the molecule is O=C(O)C(CO)NC(=O)N1CCC2CCCCC2C1. The molecule has 1 saturated heterocycles. The lowest BCUT2D eigenvalue weighted by atomic mass is 9.75. The number of hydrogen-bond acceptors (Lipinski definition) is 3. The molecule has 1 heterocycles. The Balaban J connectivity index is 1.88. The van der Waals surface area contributed by atoms with Crippen molar-refractivity contribution in [2.75, 3.05) is 19.7 Å². The number of carbonyl (C=O) groups is 2. The topological polar surface area (TPSA) is 89.9 Å². The highest BCUT2D eigenvalue weighted by Crippen LogP contribution is 2.35. The first-order valence-electron chi connectivity index (χ1n) is 7.01. The molecule has 6 nitrogen and oxygen atoms in total. The number of aliphatic hydroxyl groups is 1. The second-order valence-electron chi connectivity index (χ2n) is 5.56. The molecule has 1 aliphatic heterocycles. The second kappa shape index (κ2) is 6.23. The normalized spacial score (nSPS) is 28.4. The Labute approximate surface area is 112 Å². The van der Waals surface area contributed by atoms with Gasteiger partial charge in [-0.3, -0.25) is 0 Å². The number of hydrogen-bond donors (Lipinski definition) is 3. The minimum Gasteiger partial charge on any atom is -0.480 e. The van der Waals surface area contributed by atoms with Gasteiger partial charge in [0.15, 0.2) is 6.04 Å². The van der Waals surface area contributed by atoms with Crippen LogP contribution in [0.3, 0.4) is 0 Å². The van der Waals surface area contributed by atoms with E-state index in [1.165, 1.54) is 19.3 Å². The molecule has 2 amide bonds. The molecular weight excluding hydrogens is 248 g/mol. The largest absolute Gasteiger partial charge is 0.480 e. The van der Waals surface area contributed by atoms with E-state index in [-0.39, 0.29) is 6.03 Å². The number of rotatable bonds is 3. The Morgan fingerprint density at radius 1 is 1.21 bits per heavy atom. The van der Waals surface area contributed by atoms with Crippen LogP contribution >= 0.6 is 0 Å². The van der Waals surface area contributed by atoms with Gasteiger partial charge < -0.3 is 20.4 Å². The van der Waals surface area contributed by atoms with Crippen molar-refractivity contribution in [3.8, 4) is 0 Å². The van der Waals surface area contributed by atoms with Crippen LogP contribution in [0.5, 0.6) is 0 Å². The lowest BCUT2D eigenvalue weighted by Gasteiger charge is -2.41. The summed E-state index contributed by atoms with van der Waals surface area (Å²) in [7, 11) is 0. The molecule has 19 heavy (non-hydrogen) atoms. The summed E-state index contributed by atoms with van der Waals surface area (Å²) in [5.74, 6) is 0.0833. The maximum absolute atomic E-state index is 12.0. The van der Waals surface area contributed by atoms with Crippen molar-refractivity contribution in [1.29, 1.82) is 0 Å². The maximum Gasteiger partial charge on any atom is 0.328 e. The lowest BCUT2D eigenvalue weighted by molar-refractivity contribution is -0.140. The Bertz CT molecular complexity index is 348. The van der Waals surface area contributed by atoms with Crippen LogP contribution < -0.4 is 5.32 Å². The Morgan fingerprint density at radius 2 is 1.89 bits per heavy atom. The molecule has 0 aromatic rings. The standard InChI is InChI=1S/C13H22N2O4/c16-8-11(12(17)18)14-13(19)15-6-5-9-3-1-2-4-10(9)7-15/h9-11,16H,1-8H2,(H,14,19)(H,17,18). The molecule has 2 fully saturated rings. The van der Waals surface area contributed by atoms with Crippen LogP contribution in [-0.4, -0.2) is 52.9 Å². The lowest BCUT2D eigenvalue weighted by Crippen LogP contribution is -2.53. The third-order valence-corrected chi connectivity index (χ3v) is 4.36. The van der Waals surface area contributed by atoms with E-state index in [0.29, 0.717) is 19.0 Å². The molecule has 1 saturated carbocycles. The summed E-state index contributed by atoms with van der Waals surface area (Å²) < 4.78 is 0. The van der Waals surface area contributed by atoms with Crippen molar-refractivity contribution in [2.24, 2.45) is 11.8 Å². The van der Waals surface area contributed by atoms with E-state index < -0.39 is 18.6 Å². The fourth-order valence-electron chi connectivity index (χ4n) is 3.21. The number of carbonyl (C=O) groups excluding carboxylic acids is 1. The smallest absolute Gasteiger partial charge is 0.328 e. The average molecular weight is 270 g/mol. The number of carboxylic acids is 1. The highest BCUT2D eigenvalue weighted by molar-refractivity contribution is 5.82. The number of carboxylic acid groups (broad SMARTS) is 1. The van der Waals surface area contributed by atoms with Crippen LogP contribution in [0.2, 0.25) is 0 Å². The van der Waals surface area contributed by atoms with Crippen LogP contribution in [0.1, 0.15) is 32.1 Å². The molecule has 0 aromatic carbocycles. The zero-order valence-corrected chi connectivity index (χ0v) is 11.0. The number of aliphatic carboxylic acids is 1. The number of nitrogens with zero attached hydrogens (tertiary/aromatic N) is 1. The number of likely N-dealkylation sites (tertiary alicyclic amines) is 1. The van der Waals surface area contributed by atoms with E-state index in [1.807, 2.05) is 0 Å². The number of nitrogens with one attached hydrogen (secondary N) is 1. The summed E-state index contributed by atoms with van der Waals surface area (Å²) in [6, 6.07) is -1.58. The molecule has 3 N–H and O–H groups in total. The van der Waals surface area contributed by atoms with Gasteiger partial charge in [0.1, 0.15) is 0 Å². The Kier molecular flexibility index (Phi) is 4.63. The van der Waals surface area contributed by atoms with E-state index in [9.17, 15) is 9.59 Å². The summed E-state index contributed by atoms with van der Waals surface area (Å²) in [6.07, 6.45) is 5.95. The minimum absolute atomic E-state index is 0.370. The molecule has 0 bridgehead atoms. The molecule has 0 spiro atoms. The minimum atomic E-state index is -1.21. The summed E-state index contributed by atoms with van der Waals surface area (Å²) in [5.41, 5.74) is 0. The highest BCUT2D eigenvalue weighted by Gasteiger charge is 2.33. The van der Waals surface area contributed by atoms with Crippen molar-refractivity contribution < 1.29 is 19.8 Å². The zero-order valence-electron chi connectivity index (χ0n) is 11.0. The highest BCUT2D eigenvalue weighted by atomic mass is 16.4. The number of aliphatic hydroxyl groups excluding tert-OH is 1. The van der Waals surface area contributed by atoms with Crippen molar-refractivity contribution in [3.63, 3.8) is 0 Å². The molecule has 0 aromatic heterocycles. The van der Waals surface area contributed by atoms with E-state index >= 15 is 0 Å². The first-order chi connectivity index (χ1) is 9.11. The van der Waals surface area contributed by atoms with Crippen LogP contribution in [0.25, 0.3) is 0 Å². The van der Waals surface area contributed by atoms with Crippen molar-refractivity contribution >= 4 is 12.0 Å². The van der Waals surface area contributed by atoms with Gasteiger partial charge in [-0.15, -0.1) is 0 Å². The third kappa shape index (κ3) is 3.37. The summed E-state index contributed by atoms with van der Waals surface area (Å²) in [5, 5.41) is 20.1. The number of amides is 2. The predicted octanol–water partition coefficient (Wildman–Crippen LogP) is 0.654. The van der Waals surface area contributed by atoms with Crippen LogP contribution in [0.15, 0.2) is 0 Å². The van der Waals surface area contributed by atoms with Crippen molar-refractivity contribution in [2.45, 2.75) is 38.1 Å². The summed E-state index contributed by atoms with van der Waals surface area (Å²) >= 11 is 0. The molecule has 3 unspecified atom stereocenters. The summed E-state index contributed by atoms with van der Waals surface area (Å²) in [4.78, 5) is 24.5. The van der Waals surface area contributed by atoms with Crippen LogP contribution in [-0.2, 0) is 4.79 Å². The third-order valence-electron chi connectivity index (χ3n) is 4.36. The van der Waals surface area contributed by atoms with Gasteiger partial charge >= 0.3 is 12.0 Å². The predicted molar refractivity (Wildman–Crippen MR) is 68.7 cm³/mol. The van der Waals surface area contributed by atoms with Crippen molar-refractivity contribution in [3.05, 3.63) is 0 Å². The van der Waals surface area contributed by atoms with E-state index in [1.54, 1.807) is 4.90 Å². The molecule has 3 atom stereocenters. The molecule has 0 radical (unpaired) electrons. The van der Waals surface area contributed by atoms with E-state index in [0.717, 1.165) is 18.8 Å². The number of fused-ring (bicyclic) bond motifs is 1. The maximum atomic E-state index is 12.0. The zero-order chi connectivity index (χ0) is 13.8. The molecule has 2 rings (SSSR count). The molecule has 108 valence electrons. The number of urea groups is 1. The van der Waals surface area contributed by atoms with Crippen molar-refractivity contribution in [1.82, 2.24) is 10.2 Å². The Morgan fingerprint density at radius 3 is 2.53 bits per heavy atom. The Hall–Kier alpha value is -1.30. The quantitative estimate of drug-likeness (QED) is 0.702. The molecular formula is C13H22N2O4. The van der Waals surface area contributed by atoms with E-state index in [4.69, 9.17) is 10.2 Å². The van der Waals surface area contributed by atoms with Gasteiger partial charge in [-0.25, -0.2) is 9.59 Å². The fraction of sp³-hybridized carbons (Fsp3) is 0.846. The van der Waals surface area contributed by atoms with Crippen LogP contribution in [0.4, 0.5) is 4.79 Å². The van der Waals surface area contributed by atoms with Gasteiger partial charge in [0, 0.05) is 13.1 Å². The van der Waals surface area contributed by atoms with E-state index in [2.05, 4.69) is 5.32 Å².